The predicted octanol–water partition coefficient (Wildman–Crippen LogP) is 3.35. The van der Waals surface area contributed by atoms with Gasteiger partial charge in [0, 0.05) is 23.2 Å². The molecule has 2 N–H and O–H groups in total. The third-order valence-corrected chi connectivity index (χ3v) is 3.81. The van der Waals surface area contributed by atoms with Crippen LogP contribution in [-0.2, 0) is 6.54 Å². The molecule has 0 saturated heterocycles. The van der Waals surface area contributed by atoms with Crippen LogP contribution in [0.2, 0.25) is 0 Å². The molecule has 1 unspecified atom stereocenters. The fourth-order valence-corrected chi connectivity index (χ4v) is 2.71. The first-order valence-corrected chi connectivity index (χ1v) is 8.16. The number of hydrogen-bond acceptors (Lipinski definition) is 3. The summed E-state index contributed by atoms with van der Waals surface area (Å²) < 4.78 is 6.58. The lowest BCUT2D eigenvalue weighted by molar-refractivity contribution is 0.248. The van der Waals surface area contributed by atoms with Crippen LogP contribution in [0.4, 0.5) is 0 Å². The van der Waals surface area contributed by atoms with Gasteiger partial charge in [-0.2, -0.15) is 0 Å². The molecule has 0 amide bonds. The van der Waals surface area contributed by atoms with E-state index in [9.17, 15) is 0 Å². The van der Waals surface area contributed by atoms with E-state index in [0.717, 1.165) is 48.1 Å². The molecule has 0 bridgehead atoms. The van der Waals surface area contributed by atoms with E-state index in [-0.39, 0.29) is 13.2 Å². The second kappa shape index (κ2) is 10.7. The normalized spacial score (nSPS) is 11.9. The monoisotopic (exact) mass is 353 g/mol. The molecule has 1 atom stereocenters. The van der Waals surface area contributed by atoms with E-state index in [0.29, 0.717) is 5.92 Å². The van der Waals surface area contributed by atoms with Crippen molar-refractivity contribution in [1.29, 1.82) is 0 Å². The molecule has 0 aliphatic carbocycles. The summed E-state index contributed by atoms with van der Waals surface area (Å²) in [5, 5.41) is 12.5. The highest BCUT2D eigenvalue weighted by molar-refractivity contribution is 9.10. The molecule has 0 aliphatic heterocycles. The highest BCUT2D eigenvalue weighted by atomic mass is 79.9. The first-order valence-electron chi connectivity index (χ1n) is 7.37. The summed E-state index contributed by atoms with van der Waals surface area (Å²) in [4.78, 5) is 0. The van der Waals surface area contributed by atoms with Crippen molar-refractivity contribution in [3.63, 3.8) is 0 Å². The van der Waals surface area contributed by atoms with Gasteiger partial charge in [-0.15, -0.1) is 6.42 Å². The summed E-state index contributed by atoms with van der Waals surface area (Å²) in [6.45, 7) is 4.32. The van der Waals surface area contributed by atoms with E-state index in [1.165, 1.54) is 0 Å². The molecule has 0 aromatic heterocycles. The maximum atomic E-state index is 9.08. The molecule has 116 valence electrons. The average Bonchev–Trinajstić information content (AvgIpc) is 2.47. The van der Waals surface area contributed by atoms with Crippen LogP contribution in [0, 0.1) is 18.3 Å². The Morgan fingerprint density at radius 1 is 1.43 bits per heavy atom. The minimum Gasteiger partial charge on any atom is -0.481 e. The standard InChI is InChI=1S/C17H24BrNO2/c1-3-5-14(8-9-20)12-19-13-15-11-16(18)6-7-17(15)21-10-4-2/h2,6-7,11,14,19-20H,3,5,8-10,12-13H2,1H3. The molecule has 0 radical (unpaired) electrons. The lowest BCUT2D eigenvalue weighted by Gasteiger charge is -2.17. The molecule has 1 aromatic carbocycles. The van der Waals surface area contributed by atoms with Gasteiger partial charge in [-0.25, -0.2) is 0 Å². The zero-order valence-corrected chi connectivity index (χ0v) is 14.2. The van der Waals surface area contributed by atoms with Gasteiger partial charge in [0.25, 0.3) is 0 Å². The Morgan fingerprint density at radius 3 is 2.90 bits per heavy atom. The summed E-state index contributed by atoms with van der Waals surface area (Å²) in [7, 11) is 0. The van der Waals surface area contributed by atoms with Gasteiger partial charge in [0.15, 0.2) is 0 Å². The molecule has 0 aliphatic rings. The second-order valence-corrected chi connectivity index (χ2v) is 5.96. The number of ether oxygens (including phenoxy) is 1. The van der Waals surface area contributed by atoms with Crippen LogP contribution in [0.1, 0.15) is 31.7 Å². The Morgan fingerprint density at radius 2 is 2.24 bits per heavy atom. The van der Waals surface area contributed by atoms with Crippen molar-refractivity contribution >= 4 is 15.9 Å². The summed E-state index contributed by atoms with van der Waals surface area (Å²) in [5.41, 5.74) is 1.08. The molecule has 0 saturated carbocycles. The van der Waals surface area contributed by atoms with Crippen LogP contribution in [0.5, 0.6) is 5.75 Å². The highest BCUT2D eigenvalue weighted by Crippen LogP contribution is 2.23. The fourth-order valence-electron chi connectivity index (χ4n) is 2.30. The lowest BCUT2D eigenvalue weighted by atomic mass is 10.00. The Balaban J connectivity index is 2.56. The lowest BCUT2D eigenvalue weighted by Crippen LogP contribution is -2.23. The molecule has 3 nitrogen and oxygen atoms in total. The van der Waals surface area contributed by atoms with Crippen LogP contribution in [-0.4, -0.2) is 24.9 Å². The van der Waals surface area contributed by atoms with E-state index in [4.69, 9.17) is 16.3 Å². The van der Waals surface area contributed by atoms with Crippen LogP contribution in [0.25, 0.3) is 0 Å². The largest absolute Gasteiger partial charge is 0.481 e. The van der Waals surface area contributed by atoms with E-state index in [2.05, 4.69) is 34.1 Å². The molecule has 0 spiro atoms. The summed E-state index contributed by atoms with van der Waals surface area (Å²) in [5.74, 6) is 3.82. The minimum absolute atomic E-state index is 0.250. The Labute approximate surface area is 136 Å². The van der Waals surface area contributed by atoms with Gasteiger partial charge >= 0.3 is 0 Å². The topological polar surface area (TPSA) is 41.5 Å². The van der Waals surface area contributed by atoms with Gasteiger partial charge in [-0.1, -0.05) is 35.2 Å². The average molecular weight is 354 g/mol. The number of terminal acetylenes is 1. The summed E-state index contributed by atoms with van der Waals surface area (Å²) in [6, 6.07) is 5.91. The number of aliphatic hydroxyl groups excluding tert-OH is 1. The van der Waals surface area contributed by atoms with Crippen molar-refractivity contribution in [1.82, 2.24) is 5.32 Å². The van der Waals surface area contributed by atoms with Gasteiger partial charge in [-0.05, 0) is 43.5 Å². The molecule has 0 fully saturated rings. The predicted molar refractivity (Wildman–Crippen MR) is 90.3 cm³/mol. The third kappa shape index (κ3) is 6.99. The zero-order chi connectivity index (χ0) is 15.5. The van der Waals surface area contributed by atoms with Gasteiger partial charge < -0.3 is 15.2 Å². The minimum atomic E-state index is 0.250. The zero-order valence-electron chi connectivity index (χ0n) is 12.6. The number of benzene rings is 1. The molecule has 1 rings (SSSR count). The SMILES string of the molecule is C#CCOc1ccc(Br)cc1CNCC(CCC)CCO. The number of hydrogen-bond donors (Lipinski definition) is 2. The number of rotatable bonds is 10. The highest BCUT2D eigenvalue weighted by Gasteiger charge is 2.08. The van der Waals surface area contributed by atoms with Crippen molar-refractivity contribution in [3.05, 3.63) is 28.2 Å². The van der Waals surface area contributed by atoms with Crippen molar-refractivity contribution in [3.8, 4) is 18.1 Å². The molecular formula is C17H24BrNO2. The van der Waals surface area contributed by atoms with E-state index in [1.807, 2.05) is 18.2 Å². The van der Waals surface area contributed by atoms with Crippen molar-refractivity contribution in [2.75, 3.05) is 19.8 Å². The first-order chi connectivity index (χ1) is 10.2. The van der Waals surface area contributed by atoms with Crippen LogP contribution in [0.15, 0.2) is 22.7 Å². The molecule has 1 aromatic rings. The van der Waals surface area contributed by atoms with Gasteiger partial charge in [0.05, 0.1) is 0 Å². The number of aliphatic hydroxyl groups is 1. The van der Waals surface area contributed by atoms with E-state index >= 15 is 0 Å². The maximum absolute atomic E-state index is 9.08. The molecule has 0 heterocycles. The molecule has 4 heteroatoms. The number of halogens is 1. The number of nitrogens with one attached hydrogen (secondary N) is 1. The van der Waals surface area contributed by atoms with Crippen LogP contribution in [0.3, 0.4) is 0 Å². The van der Waals surface area contributed by atoms with Crippen LogP contribution < -0.4 is 10.1 Å². The first kappa shape index (κ1) is 18.0. The van der Waals surface area contributed by atoms with Gasteiger partial charge in [-0.3, -0.25) is 0 Å². The van der Waals surface area contributed by atoms with Crippen LogP contribution >= 0.6 is 15.9 Å². The quantitative estimate of drug-likeness (QED) is 0.633. The van der Waals surface area contributed by atoms with E-state index < -0.39 is 0 Å². The molecule has 21 heavy (non-hydrogen) atoms. The Bertz CT molecular complexity index is 451. The molecular weight excluding hydrogens is 330 g/mol. The third-order valence-electron chi connectivity index (χ3n) is 3.32. The van der Waals surface area contributed by atoms with Crippen molar-refractivity contribution in [2.24, 2.45) is 5.92 Å². The fraction of sp³-hybridized carbons (Fsp3) is 0.529. The van der Waals surface area contributed by atoms with E-state index in [1.54, 1.807) is 0 Å². The second-order valence-electron chi connectivity index (χ2n) is 5.04. The van der Waals surface area contributed by atoms with Gasteiger partial charge in [0.1, 0.15) is 12.4 Å². The summed E-state index contributed by atoms with van der Waals surface area (Å²) >= 11 is 3.48. The van der Waals surface area contributed by atoms with Crippen molar-refractivity contribution < 1.29 is 9.84 Å². The maximum Gasteiger partial charge on any atom is 0.148 e. The Kier molecular flexibility index (Phi) is 9.16. The summed E-state index contributed by atoms with van der Waals surface area (Å²) in [6.07, 6.45) is 8.36. The Hall–Kier alpha value is -1.02. The van der Waals surface area contributed by atoms with Gasteiger partial charge in [0.2, 0.25) is 0 Å². The smallest absolute Gasteiger partial charge is 0.148 e. The van der Waals surface area contributed by atoms with Crippen molar-refractivity contribution in [2.45, 2.75) is 32.7 Å².